The number of aryl methyl sites for hydroxylation is 1. The van der Waals surface area contributed by atoms with E-state index in [9.17, 15) is 4.79 Å². The Morgan fingerprint density at radius 2 is 1.83 bits per heavy atom. The van der Waals surface area contributed by atoms with Crippen LogP contribution in [0.2, 0.25) is 0 Å². The molecule has 0 spiro atoms. The first kappa shape index (κ1) is 25.0. The number of carbonyl (C=O) groups is 1. The van der Waals surface area contributed by atoms with Gasteiger partial charge in [0.25, 0.3) is 5.91 Å². The molecule has 0 aliphatic carbocycles. The van der Waals surface area contributed by atoms with Gasteiger partial charge in [0.05, 0.1) is 6.04 Å². The van der Waals surface area contributed by atoms with E-state index in [1.807, 2.05) is 13.0 Å². The molecule has 0 fully saturated rings. The second-order valence-electron chi connectivity index (χ2n) is 10.1. The average molecular weight is 471 g/mol. The van der Waals surface area contributed by atoms with E-state index in [1.54, 1.807) is 0 Å². The third kappa shape index (κ3) is 6.52. The van der Waals surface area contributed by atoms with Crippen LogP contribution in [0.4, 0.5) is 0 Å². The molecule has 0 saturated heterocycles. The van der Waals surface area contributed by atoms with Crippen LogP contribution in [0.3, 0.4) is 0 Å². The number of carbonyl (C=O) groups excluding carboxylic acids is 1. The fourth-order valence-corrected chi connectivity index (χ4v) is 4.84. The Balaban J connectivity index is 1.57. The largest absolute Gasteiger partial charge is 0.481 e. The molecule has 1 amide bonds. The molecule has 1 N–H and O–H groups in total. The van der Waals surface area contributed by atoms with E-state index in [4.69, 9.17) is 4.74 Å². The minimum Gasteiger partial charge on any atom is -0.481 e. The second-order valence-corrected chi connectivity index (χ2v) is 10.1. The van der Waals surface area contributed by atoms with Crippen LogP contribution < -0.4 is 10.1 Å². The quantitative estimate of drug-likeness (QED) is 0.413. The number of amides is 1. The van der Waals surface area contributed by atoms with Crippen LogP contribution in [0.25, 0.3) is 0 Å². The lowest BCUT2D eigenvalue weighted by atomic mass is 9.87. The molecule has 4 rings (SSSR count). The topological polar surface area (TPSA) is 41.6 Å². The van der Waals surface area contributed by atoms with Gasteiger partial charge in [-0.15, -0.1) is 0 Å². The number of ether oxygens (including phenoxy) is 1. The van der Waals surface area contributed by atoms with Crippen LogP contribution in [0, 0.1) is 12.8 Å². The summed E-state index contributed by atoms with van der Waals surface area (Å²) in [4.78, 5) is 15.1. The molecule has 4 nitrogen and oxygen atoms in total. The highest BCUT2D eigenvalue weighted by Crippen LogP contribution is 2.38. The van der Waals surface area contributed by atoms with Crippen molar-refractivity contribution in [2.45, 2.75) is 59.2 Å². The Morgan fingerprint density at radius 1 is 1.03 bits per heavy atom. The molecular weight excluding hydrogens is 432 g/mol. The van der Waals surface area contributed by atoms with Gasteiger partial charge in [-0.05, 0) is 67.0 Å². The summed E-state index contributed by atoms with van der Waals surface area (Å²) >= 11 is 0. The lowest BCUT2D eigenvalue weighted by Gasteiger charge is -2.38. The van der Waals surface area contributed by atoms with Crippen LogP contribution in [0.5, 0.6) is 5.75 Å². The van der Waals surface area contributed by atoms with E-state index < -0.39 is 6.10 Å². The van der Waals surface area contributed by atoms with Crippen LogP contribution in [0.1, 0.15) is 61.1 Å². The Hall–Kier alpha value is -3.11. The van der Waals surface area contributed by atoms with Gasteiger partial charge in [0.15, 0.2) is 6.10 Å². The van der Waals surface area contributed by atoms with Crippen molar-refractivity contribution in [2.75, 3.05) is 13.1 Å². The highest BCUT2D eigenvalue weighted by atomic mass is 16.5. The van der Waals surface area contributed by atoms with Gasteiger partial charge in [0, 0.05) is 19.6 Å². The first-order chi connectivity index (χ1) is 16.9. The molecule has 0 bridgehead atoms. The lowest BCUT2D eigenvalue weighted by Crippen LogP contribution is -2.37. The maximum Gasteiger partial charge on any atom is 0.260 e. The molecule has 1 aliphatic rings. The molecule has 4 heteroatoms. The van der Waals surface area contributed by atoms with Gasteiger partial charge in [-0.25, -0.2) is 0 Å². The number of benzene rings is 3. The van der Waals surface area contributed by atoms with Crippen molar-refractivity contribution >= 4 is 5.91 Å². The fraction of sp³-hybridized carbons (Fsp3) is 0.387. The number of nitrogens with one attached hydrogen (secondary N) is 1. The number of nitrogens with zero attached hydrogens (tertiary/aromatic N) is 1. The number of rotatable bonds is 9. The summed E-state index contributed by atoms with van der Waals surface area (Å²) in [6, 6.07) is 25.9. The monoisotopic (exact) mass is 470 g/mol. The van der Waals surface area contributed by atoms with Crippen molar-refractivity contribution in [1.82, 2.24) is 10.2 Å². The minimum absolute atomic E-state index is 0.0657. The van der Waals surface area contributed by atoms with Gasteiger partial charge in [0.2, 0.25) is 0 Å². The smallest absolute Gasteiger partial charge is 0.260 e. The maximum absolute atomic E-state index is 12.5. The van der Waals surface area contributed by atoms with Gasteiger partial charge in [-0.1, -0.05) is 80.1 Å². The molecule has 35 heavy (non-hydrogen) atoms. The highest BCUT2D eigenvalue weighted by molar-refractivity contribution is 5.80. The third-order valence-corrected chi connectivity index (χ3v) is 6.73. The Bertz CT molecular complexity index is 1130. The van der Waals surface area contributed by atoms with Gasteiger partial charge in [-0.2, -0.15) is 0 Å². The number of hydrogen-bond acceptors (Lipinski definition) is 3. The Morgan fingerprint density at radius 3 is 2.57 bits per heavy atom. The fourth-order valence-electron chi connectivity index (χ4n) is 4.84. The molecule has 0 aromatic heterocycles. The zero-order chi connectivity index (χ0) is 24.8. The molecule has 1 aliphatic heterocycles. The maximum atomic E-state index is 12.5. The summed E-state index contributed by atoms with van der Waals surface area (Å²) < 4.78 is 6.12. The second kappa shape index (κ2) is 11.5. The SMILES string of the molecule is Cc1cccc(CN2CCc3ccc(O[C@H](C)C(=O)NCCC(C)C)cc3[C@H]2c2ccccc2)c1. The summed E-state index contributed by atoms with van der Waals surface area (Å²) in [5, 5.41) is 3.00. The standard InChI is InChI=1S/C31H38N2O2/c1-22(2)15-17-32-31(34)24(4)35-28-14-13-26-16-18-33(21-25-10-8-9-23(3)19-25)30(29(26)20-28)27-11-6-5-7-12-27/h5-14,19-20,22,24,30H,15-18,21H2,1-4H3,(H,32,34)/t24-,30-/m1/s1. The molecule has 0 radical (unpaired) electrons. The molecule has 1 heterocycles. The summed E-state index contributed by atoms with van der Waals surface area (Å²) in [7, 11) is 0. The van der Waals surface area contributed by atoms with E-state index >= 15 is 0 Å². The predicted octanol–water partition coefficient (Wildman–Crippen LogP) is 6.07. The van der Waals surface area contributed by atoms with Crippen LogP contribution >= 0.6 is 0 Å². The van der Waals surface area contributed by atoms with Gasteiger partial charge in [0.1, 0.15) is 5.75 Å². The normalized spacial score (nSPS) is 16.5. The molecule has 184 valence electrons. The van der Waals surface area contributed by atoms with Crippen molar-refractivity contribution in [3.63, 3.8) is 0 Å². The Labute approximate surface area is 210 Å². The van der Waals surface area contributed by atoms with Crippen LogP contribution in [-0.4, -0.2) is 30.0 Å². The number of fused-ring (bicyclic) bond motifs is 1. The summed E-state index contributed by atoms with van der Waals surface area (Å²) in [6.07, 6.45) is 1.42. The molecule has 3 aromatic carbocycles. The highest BCUT2D eigenvalue weighted by Gasteiger charge is 2.29. The molecular formula is C31H38N2O2. The molecule has 0 saturated carbocycles. The van der Waals surface area contributed by atoms with Gasteiger partial charge >= 0.3 is 0 Å². The van der Waals surface area contributed by atoms with Gasteiger partial charge in [-0.3, -0.25) is 9.69 Å². The summed E-state index contributed by atoms with van der Waals surface area (Å²) in [6.45, 7) is 10.8. The number of hydrogen-bond donors (Lipinski definition) is 1. The van der Waals surface area contributed by atoms with Crippen molar-refractivity contribution in [2.24, 2.45) is 5.92 Å². The molecule has 2 atom stereocenters. The lowest BCUT2D eigenvalue weighted by molar-refractivity contribution is -0.127. The first-order valence-electron chi connectivity index (χ1n) is 12.8. The average Bonchev–Trinajstić information content (AvgIpc) is 2.84. The summed E-state index contributed by atoms with van der Waals surface area (Å²) in [5.41, 5.74) is 6.50. The van der Waals surface area contributed by atoms with Crippen molar-refractivity contribution in [3.05, 3.63) is 101 Å². The zero-order valence-corrected chi connectivity index (χ0v) is 21.5. The van der Waals surface area contributed by atoms with E-state index in [-0.39, 0.29) is 11.9 Å². The van der Waals surface area contributed by atoms with E-state index in [2.05, 4.69) is 97.7 Å². The van der Waals surface area contributed by atoms with Crippen molar-refractivity contribution < 1.29 is 9.53 Å². The van der Waals surface area contributed by atoms with Crippen molar-refractivity contribution in [3.8, 4) is 5.75 Å². The van der Waals surface area contributed by atoms with E-state index in [0.29, 0.717) is 12.5 Å². The summed E-state index contributed by atoms with van der Waals surface area (Å²) in [5.74, 6) is 1.24. The third-order valence-electron chi connectivity index (χ3n) is 6.73. The van der Waals surface area contributed by atoms with Crippen LogP contribution in [-0.2, 0) is 17.8 Å². The molecule has 3 aromatic rings. The van der Waals surface area contributed by atoms with Gasteiger partial charge < -0.3 is 10.1 Å². The minimum atomic E-state index is -0.539. The first-order valence-corrected chi connectivity index (χ1v) is 12.8. The Kier molecular flexibility index (Phi) is 8.25. The predicted molar refractivity (Wildman–Crippen MR) is 143 cm³/mol. The van der Waals surface area contributed by atoms with E-state index in [0.717, 1.165) is 31.7 Å². The van der Waals surface area contributed by atoms with Crippen molar-refractivity contribution in [1.29, 1.82) is 0 Å². The van der Waals surface area contributed by atoms with E-state index in [1.165, 1.54) is 27.8 Å². The molecule has 0 unspecified atom stereocenters. The zero-order valence-electron chi connectivity index (χ0n) is 21.5. The van der Waals surface area contributed by atoms with Crippen LogP contribution in [0.15, 0.2) is 72.8 Å².